The number of rotatable bonds is 7. The van der Waals surface area contributed by atoms with Crippen LogP contribution in [-0.4, -0.2) is 41.0 Å². The number of benzene rings is 2. The molecule has 1 heterocycles. The minimum absolute atomic E-state index is 0.0425. The topological polar surface area (TPSA) is 76.1 Å². The van der Waals surface area contributed by atoms with Gasteiger partial charge >= 0.3 is 0 Å². The van der Waals surface area contributed by atoms with Crippen molar-refractivity contribution < 1.29 is 24.2 Å². The van der Waals surface area contributed by atoms with Crippen LogP contribution in [0.25, 0.3) is 5.76 Å². The molecule has 1 atom stereocenters. The van der Waals surface area contributed by atoms with E-state index in [1.807, 2.05) is 13.8 Å². The number of aliphatic hydroxyl groups excluding tert-OH is 1. The fraction of sp³-hybridized carbons (Fsp3) is 0.385. The van der Waals surface area contributed by atoms with Crippen molar-refractivity contribution >= 4 is 29.1 Å². The van der Waals surface area contributed by atoms with Crippen molar-refractivity contribution in [3.63, 3.8) is 0 Å². The number of amides is 1. The number of nitrogens with zero attached hydrogens (tertiary/aromatic N) is 1. The maximum absolute atomic E-state index is 13.3. The van der Waals surface area contributed by atoms with Gasteiger partial charge in [-0.15, -0.1) is 0 Å². The minimum Gasteiger partial charge on any atom is -0.507 e. The maximum Gasteiger partial charge on any atom is 0.295 e. The van der Waals surface area contributed by atoms with Crippen LogP contribution < -0.4 is 9.47 Å². The highest BCUT2D eigenvalue weighted by molar-refractivity contribution is 6.46. The predicted molar refractivity (Wildman–Crippen MR) is 127 cm³/mol. The van der Waals surface area contributed by atoms with Gasteiger partial charge in [0.25, 0.3) is 11.7 Å². The standard InChI is InChI=1S/C26H28ClNO5/c1-3-32-19-13-14-20(21(15-19)33-4-2)24(29)22-23(16-9-11-17(27)12-10-16)28(26(31)25(22)30)18-7-5-6-8-18/h9-15,18,23,29H,3-8H2,1-2H3/b24-22-. The van der Waals surface area contributed by atoms with Crippen molar-refractivity contribution in [2.45, 2.75) is 51.6 Å². The van der Waals surface area contributed by atoms with Gasteiger partial charge in [-0.2, -0.15) is 0 Å². The van der Waals surface area contributed by atoms with E-state index in [4.69, 9.17) is 21.1 Å². The highest BCUT2D eigenvalue weighted by Crippen LogP contribution is 2.44. The Morgan fingerprint density at radius 1 is 1.03 bits per heavy atom. The van der Waals surface area contributed by atoms with E-state index in [2.05, 4.69) is 0 Å². The molecule has 1 aliphatic heterocycles. The fourth-order valence-corrected chi connectivity index (χ4v) is 4.88. The van der Waals surface area contributed by atoms with E-state index < -0.39 is 17.7 Å². The molecule has 174 valence electrons. The molecule has 33 heavy (non-hydrogen) atoms. The third kappa shape index (κ3) is 4.44. The molecule has 2 fully saturated rings. The Kier molecular flexibility index (Phi) is 6.94. The zero-order valence-corrected chi connectivity index (χ0v) is 19.6. The number of halogens is 1. The highest BCUT2D eigenvalue weighted by atomic mass is 35.5. The van der Waals surface area contributed by atoms with Crippen LogP contribution in [0.4, 0.5) is 0 Å². The number of hydrogen-bond acceptors (Lipinski definition) is 5. The molecule has 7 heteroatoms. The first-order valence-corrected chi connectivity index (χ1v) is 11.8. The molecule has 6 nitrogen and oxygen atoms in total. The van der Waals surface area contributed by atoms with Crippen LogP contribution in [0.15, 0.2) is 48.0 Å². The van der Waals surface area contributed by atoms with E-state index in [1.54, 1.807) is 47.4 Å². The molecule has 1 saturated carbocycles. The predicted octanol–water partition coefficient (Wildman–Crippen LogP) is 5.50. The highest BCUT2D eigenvalue weighted by Gasteiger charge is 2.49. The first-order valence-electron chi connectivity index (χ1n) is 11.4. The molecule has 1 aliphatic carbocycles. The van der Waals surface area contributed by atoms with Gasteiger partial charge in [0, 0.05) is 17.1 Å². The fourth-order valence-electron chi connectivity index (χ4n) is 4.76. The average Bonchev–Trinajstić information content (AvgIpc) is 3.42. The Bertz CT molecular complexity index is 1070. The molecule has 4 rings (SSSR count). The van der Waals surface area contributed by atoms with Crippen molar-refractivity contribution in [2.75, 3.05) is 13.2 Å². The van der Waals surface area contributed by atoms with Crippen molar-refractivity contribution in [3.05, 3.63) is 64.2 Å². The summed E-state index contributed by atoms with van der Waals surface area (Å²) in [6.45, 7) is 4.57. The van der Waals surface area contributed by atoms with Crippen LogP contribution in [0.5, 0.6) is 11.5 Å². The van der Waals surface area contributed by atoms with Crippen LogP contribution in [0.1, 0.15) is 56.7 Å². The van der Waals surface area contributed by atoms with Gasteiger partial charge in [-0.1, -0.05) is 36.6 Å². The molecule has 1 unspecified atom stereocenters. The van der Waals surface area contributed by atoms with E-state index in [-0.39, 0.29) is 17.4 Å². The van der Waals surface area contributed by atoms with Crippen LogP contribution in [0, 0.1) is 0 Å². The number of ether oxygens (including phenoxy) is 2. The normalized spacial score (nSPS) is 20.5. The Hall–Kier alpha value is -2.99. The second-order valence-corrected chi connectivity index (χ2v) is 8.66. The molecule has 1 saturated heterocycles. The van der Waals surface area contributed by atoms with Gasteiger partial charge in [-0.3, -0.25) is 9.59 Å². The third-order valence-corrected chi connectivity index (χ3v) is 6.45. The Balaban J connectivity index is 1.88. The zero-order valence-electron chi connectivity index (χ0n) is 18.8. The van der Waals surface area contributed by atoms with E-state index >= 15 is 0 Å². The van der Waals surface area contributed by atoms with Crippen molar-refractivity contribution in [1.82, 2.24) is 4.90 Å². The first kappa shape index (κ1) is 23.2. The number of ketones is 1. The smallest absolute Gasteiger partial charge is 0.295 e. The Morgan fingerprint density at radius 2 is 1.70 bits per heavy atom. The lowest BCUT2D eigenvalue weighted by Crippen LogP contribution is -2.37. The molecule has 1 N–H and O–H groups in total. The van der Waals surface area contributed by atoms with Gasteiger partial charge in [0.1, 0.15) is 17.3 Å². The molecule has 0 spiro atoms. The summed E-state index contributed by atoms with van der Waals surface area (Å²) >= 11 is 6.09. The first-order chi connectivity index (χ1) is 16.0. The molecular formula is C26H28ClNO5. The summed E-state index contributed by atoms with van der Waals surface area (Å²) in [6.07, 6.45) is 3.69. The van der Waals surface area contributed by atoms with Crippen LogP contribution in [-0.2, 0) is 9.59 Å². The van der Waals surface area contributed by atoms with Crippen molar-refractivity contribution in [3.8, 4) is 11.5 Å². The summed E-state index contributed by atoms with van der Waals surface area (Å²) in [5, 5.41) is 12.0. The summed E-state index contributed by atoms with van der Waals surface area (Å²) in [6, 6.07) is 11.4. The van der Waals surface area contributed by atoms with Crippen LogP contribution >= 0.6 is 11.6 Å². The average molecular weight is 470 g/mol. The van der Waals surface area contributed by atoms with Crippen LogP contribution in [0.2, 0.25) is 5.02 Å². The third-order valence-electron chi connectivity index (χ3n) is 6.20. The largest absolute Gasteiger partial charge is 0.507 e. The van der Waals surface area contributed by atoms with Gasteiger partial charge < -0.3 is 19.5 Å². The Labute approximate surface area is 198 Å². The molecular weight excluding hydrogens is 442 g/mol. The lowest BCUT2D eigenvalue weighted by Gasteiger charge is -2.30. The monoisotopic (exact) mass is 469 g/mol. The van der Waals surface area contributed by atoms with Gasteiger partial charge in [-0.05, 0) is 56.5 Å². The lowest BCUT2D eigenvalue weighted by molar-refractivity contribution is -0.141. The molecule has 2 aromatic rings. The summed E-state index contributed by atoms with van der Waals surface area (Å²) in [5.74, 6) is -0.524. The summed E-state index contributed by atoms with van der Waals surface area (Å²) in [7, 11) is 0. The second-order valence-electron chi connectivity index (χ2n) is 8.22. The van der Waals surface area contributed by atoms with Gasteiger partial charge in [0.15, 0.2) is 0 Å². The molecule has 1 amide bonds. The van der Waals surface area contributed by atoms with E-state index in [9.17, 15) is 14.7 Å². The minimum atomic E-state index is -0.689. The van der Waals surface area contributed by atoms with Gasteiger partial charge in [-0.25, -0.2) is 0 Å². The number of carbonyl (C=O) groups is 2. The van der Waals surface area contributed by atoms with E-state index in [1.165, 1.54) is 0 Å². The van der Waals surface area contributed by atoms with E-state index in [0.717, 1.165) is 31.2 Å². The van der Waals surface area contributed by atoms with Gasteiger partial charge in [0.05, 0.1) is 30.4 Å². The maximum atomic E-state index is 13.3. The molecule has 2 aromatic carbocycles. The van der Waals surface area contributed by atoms with Crippen LogP contribution in [0.3, 0.4) is 0 Å². The van der Waals surface area contributed by atoms with Gasteiger partial charge in [0.2, 0.25) is 0 Å². The molecule has 0 radical (unpaired) electrons. The second kappa shape index (κ2) is 9.87. The molecule has 0 aromatic heterocycles. The van der Waals surface area contributed by atoms with Crippen molar-refractivity contribution in [1.29, 1.82) is 0 Å². The number of aliphatic hydroxyl groups is 1. The SMILES string of the molecule is CCOc1ccc(/C(O)=C2/C(=O)C(=O)N(C3CCCC3)C2c2ccc(Cl)cc2)c(OCC)c1. The molecule has 0 bridgehead atoms. The lowest BCUT2D eigenvalue weighted by atomic mass is 9.94. The quantitative estimate of drug-likeness (QED) is 0.329. The van der Waals surface area contributed by atoms with Crippen molar-refractivity contribution in [2.24, 2.45) is 0 Å². The Morgan fingerprint density at radius 3 is 2.33 bits per heavy atom. The molecule has 2 aliphatic rings. The van der Waals surface area contributed by atoms with E-state index in [0.29, 0.717) is 35.3 Å². The summed E-state index contributed by atoms with van der Waals surface area (Å²) in [5.41, 5.74) is 1.15. The summed E-state index contributed by atoms with van der Waals surface area (Å²) < 4.78 is 11.3. The number of carbonyl (C=O) groups excluding carboxylic acids is 2. The number of likely N-dealkylation sites (tertiary alicyclic amines) is 1. The summed E-state index contributed by atoms with van der Waals surface area (Å²) in [4.78, 5) is 28.1. The number of Topliss-reactive ketones (excluding diaryl/α,β-unsaturated/α-hetero) is 1. The zero-order chi connectivity index (χ0) is 23.5. The number of hydrogen-bond donors (Lipinski definition) is 1.